The molecule has 2 fully saturated rings. The summed E-state index contributed by atoms with van der Waals surface area (Å²) in [7, 11) is 0. The Morgan fingerprint density at radius 2 is 0.698 bits per heavy atom. The third-order valence-electron chi connectivity index (χ3n) is 22.0. The summed E-state index contributed by atoms with van der Waals surface area (Å²) >= 11 is 0. The van der Waals surface area contributed by atoms with Gasteiger partial charge in [0.15, 0.2) is 11.6 Å². The van der Waals surface area contributed by atoms with Gasteiger partial charge in [0.25, 0.3) is 47.3 Å². The molecule has 0 saturated carbocycles. The van der Waals surface area contributed by atoms with Gasteiger partial charge < -0.3 is 76.6 Å². The molecule has 674 valence electrons. The predicted octanol–water partition coefficient (Wildman–Crippen LogP) is 12.8. The molecule has 8 amide bonds. The van der Waals surface area contributed by atoms with Gasteiger partial charge in [-0.15, -0.1) is 0 Å². The lowest BCUT2D eigenvalue weighted by molar-refractivity contribution is 0.0499. The summed E-state index contributed by atoms with van der Waals surface area (Å²) in [5.41, 5.74) is 55.8. The number of amides is 8. The number of anilines is 4. The Hall–Kier alpha value is -14.9. The first-order valence-electron chi connectivity index (χ1n) is 41.1. The van der Waals surface area contributed by atoms with Crippen LogP contribution in [-0.4, -0.2) is 113 Å². The second-order valence-electron chi connectivity index (χ2n) is 31.6. The quantitative estimate of drug-likeness (QED) is 0.0236. The Labute approximate surface area is 738 Å². The molecule has 0 bridgehead atoms. The van der Waals surface area contributed by atoms with Crippen LogP contribution in [-0.2, 0) is 35.7 Å². The van der Waals surface area contributed by atoms with E-state index in [1.54, 1.807) is 98.1 Å². The third kappa shape index (κ3) is 22.1. The standard InChI is InChI=1S/C26H30FN5O3.C23H24FN5O3.C22H22F3N5O2.C22H24FN5O2/c1-15-3-8-20(27)13-21(15)26(34)30-14-17-4-6-19(7-5-17)23-22(25(29)33)24(28)32(31-23)16(2)18-9-11-35-12-10-18;1-13-2-7-16(24)10-18(13)23(31)27-11-14-3-5-15(6-4-14)20-19(22(26)30)21(25)29(28-20)17-8-9-32-12-17;1-10(2)30-20(26)16(21(27)31)19(29-30)14-7-5-12(17(24)18(14)25)9-28-22(32)15-8-13(23)6-4-11(15)3;1-12(2)28-20(24)18(21(25)29)19(27-28)15-7-5-14(6-8-15)11-26-22(30)17-10-16(23)9-4-13(17)3/h3-8,13,16,18H,9-12,14,28H2,1-2H3,(H2,29,33)(H,30,34);2-7,10,17H,8-9,11-12,25H2,1H3,(H2,26,30)(H,27,31);4-8,10H,9,26H2,1-3H3,(H2,27,31)(H,28,32);4-10,12H,11,24H2,1-3H3,(H2,25,29)(H,26,30). The fraction of sp³-hybridized carbons (Fsp3) is 0.269. The molecule has 14 rings (SSSR count). The third-order valence-corrected chi connectivity index (χ3v) is 22.0. The van der Waals surface area contributed by atoms with Crippen LogP contribution in [0.2, 0.25) is 0 Å². The van der Waals surface area contributed by atoms with Gasteiger partial charge in [0.05, 0.1) is 18.7 Å². The van der Waals surface area contributed by atoms with Crippen molar-refractivity contribution in [2.24, 2.45) is 28.9 Å². The van der Waals surface area contributed by atoms with Crippen LogP contribution in [0.4, 0.5) is 49.6 Å². The van der Waals surface area contributed by atoms with E-state index in [2.05, 4.69) is 41.7 Å². The SMILES string of the molecule is Cc1ccc(F)cc1C(=O)NCc1ccc(-c2nn(C(C)C)c(N)c2C(N)=O)c(F)c1F.Cc1ccc(F)cc1C(=O)NCc1ccc(-c2nn(C(C)C)c(N)c2C(N)=O)cc1.Cc1ccc(F)cc1C(=O)NCc1ccc(-c2nn(C(C)C3CCOCC3)c(N)c2C(N)=O)cc1.Cc1ccc(F)cc1C(=O)NCc1ccc(-c2nn(C3CCOC3)c(N)c2C(N)=O)cc1. The molecular formula is C93H100F6N20O10. The van der Waals surface area contributed by atoms with Crippen LogP contribution < -0.4 is 67.1 Å². The molecule has 0 aliphatic carbocycles. The molecule has 0 radical (unpaired) electrons. The first kappa shape index (κ1) is 94.7. The van der Waals surface area contributed by atoms with Gasteiger partial charge in [0.2, 0.25) is 0 Å². The van der Waals surface area contributed by atoms with E-state index in [4.69, 9.17) is 55.3 Å². The lowest BCUT2D eigenvalue weighted by Gasteiger charge is -2.28. The van der Waals surface area contributed by atoms with Crippen LogP contribution >= 0.6 is 0 Å². The number of nitrogens with two attached hydrogens (primary N) is 8. The number of aromatic nitrogens is 8. The van der Waals surface area contributed by atoms with Crippen molar-refractivity contribution in [2.75, 3.05) is 49.4 Å². The summed E-state index contributed by atoms with van der Waals surface area (Å²) in [6, 6.07) is 39.9. The van der Waals surface area contributed by atoms with Crippen molar-refractivity contribution in [3.05, 3.63) is 282 Å². The van der Waals surface area contributed by atoms with Crippen molar-refractivity contribution in [1.29, 1.82) is 0 Å². The highest BCUT2D eigenvalue weighted by Crippen LogP contribution is 2.38. The van der Waals surface area contributed by atoms with Crippen molar-refractivity contribution in [3.8, 4) is 45.0 Å². The maximum Gasteiger partial charge on any atom is 0.254 e. The minimum atomic E-state index is -1.27. The number of primary amides is 4. The summed E-state index contributed by atoms with van der Waals surface area (Å²) in [4.78, 5) is 97.6. The highest BCUT2D eigenvalue weighted by molar-refractivity contribution is 6.06. The summed E-state index contributed by atoms with van der Waals surface area (Å²) in [6.45, 7) is 19.2. The number of nitrogen functional groups attached to an aromatic ring is 4. The van der Waals surface area contributed by atoms with E-state index in [1.807, 2.05) is 69.3 Å². The van der Waals surface area contributed by atoms with Crippen LogP contribution in [0, 0.1) is 68.5 Å². The highest BCUT2D eigenvalue weighted by atomic mass is 19.2. The lowest BCUT2D eigenvalue weighted by Crippen LogP contribution is -2.26. The minimum Gasteiger partial charge on any atom is -0.383 e. The van der Waals surface area contributed by atoms with E-state index in [-0.39, 0.29) is 136 Å². The van der Waals surface area contributed by atoms with Crippen LogP contribution in [0.25, 0.3) is 45.0 Å². The molecule has 20 N–H and O–H groups in total. The minimum absolute atomic E-state index is 0.00786. The molecule has 2 unspecified atom stereocenters. The number of hydrogen-bond donors (Lipinski definition) is 12. The van der Waals surface area contributed by atoms with E-state index in [9.17, 15) is 64.7 Å². The largest absolute Gasteiger partial charge is 0.383 e. The van der Waals surface area contributed by atoms with E-state index >= 15 is 0 Å². The summed E-state index contributed by atoms with van der Waals surface area (Å²) < 4.78 is 101. The second kappa shape index (κ2) is 41.5. The first-order chi connectivity index (χ1) is 61.3. The fourth-order valence-electron chi connectivity index (χ4n) is 14.8. The molecule has 8 aromatic carbocycles. The number of halogens is 6. The number of hydrogen-bond acceptors (Lipinski definition) is 18. The van der Waals surface area contributed by atoms with E-state index in [1.165, 1.54) is 65.3 Å². The summed E-state index contributed by atoms with van der Waals surface area (Å²) in [6.07, 6.45) is 2.56. The van der Waals surface area contributed by atoms with Crippen LogP contribution in [0.3, 0.4) is 0 Å². The number of benzene rings is 8. The molecule has 2 atom stereocenters. The number of nitrogens with zero attached hydrogens (tertiary/aromatic N) is 8. The van der Waals surface area contributed by atoms with Gasteiger partial charge in [-0.25, -0.2) is 45.1 Å². The zero-order valence-electron chi connectivity index (χ0n) is 72.2. The lowest BCUT2D eigenvalue weighted by atomic mass is 9.93. The van der Waals surface area contributed by atoms with Gasteiger partial charge in [-0.3, -0.25) is 38.4 Å². The molecule has 12 aromatic rings. The number of aryl methyl sites for hydroxylation is 4. The first-order valence-corrected chi connectivity index (χ1v) is 41.1. The molecule has 36 heteroatoms. The predicted molar refractivity (Wildman–Crippen MR) is 475 cm³/mol. The molecule has 2 aliphatic heterocycles. The fourth-order valence-corrected chi connectivity index (χ4v) is 14.8. The number of ether oxygens (including phenoxy) is 2. The molecule has 30 nitrogen and oxygen atoms in total. The highest BCUT2D eigenvalue weighted by Gasteiger charge is 2.33. The normalized spacial score (nSPS) is 13.3. The second-order valence-corrected chi connectivity index (χ2v) is 31.6. The molecule has 2 aliphatic rings. The maximum absolute atomic E-state index is 14.9. The molecule has 0 spiro atoms. The zero-order chi connectivity index (χ0) is 93.7. The van der Waals surface area contributed by atoms with Gasteiger partial charge in [-0.05, 0) is 181 Å². The van der Waals surface area contributed by atoms with Crippen molar-refractivity contribution in [2.45, 2.75) is 132 Å². The van der Waals surface area contributed by atoms with Gasteiger partial charge in [-0.2, -0.15) is 20.4 Å². The Bertz CT molecular complexity index is 6210. The van der Waals surface area contributed by atoms with Gasteiger partial charge in [0.1, 0.15) is 91.6 Å². The molecule has 2 saturated heterocycles. The van der Waals surface area contributed by atoms with Crippen molar-refractivity contribution in [3.63, 3.8) is 0 Å². The number of rotatable bonds is 25. The van der Waals surface area contributed by atoms with Crippen molar-refractivity contribution < 1.29 is 74.2 Å². The van der Waals surface area contributed by atoms with Gasteiger partial charge in [0, 0.05) is 108 Å². The van der Waals surface area contributed by atoms with Crippen molar-refractivity contribution >= 4 is 70.5 Å². The Morgan fingerprint density at radius 3 is 1.05 bits per heavy atom. The Morgan fingerprint density at radius 1 is 0.380 bits per heavy atom. The Balaban J connectivity index is 0.000000167. The van der Waals surface area contributed by atoms with Crippen LogP contribution in [0.5, 0.6) is 0 Å². The topological polar surface area (TPSA) is 483 Å². The van der Waals surface area contributed by atoms with Crippen LogP contribution in [0.1, 0.15) is 205 Å². The molecule has 6 heterocycles. The van der Waals surface area contributed by atoms with E-state index < -0.39 is 64.4 Å². The van der Waals surface area contributed by atoms with Gasteiger partial charge >= 0.3 is 0 Å². The van der Waals surface area contributed by atoms with E-state index in [0.717, 1.165) is 42.0 Å². The van der Waals surface area contributed by atoms with E-state index in [0.29, 0.717) is 105 Å². The zero-order valence-corrected chi connectivity index (χ0v) is 72.2. The smallest absolute Gasteiger partial charge is 0.254 e. The number of carbonyl (C=O) groups is 8. The number of carbonyl (C=O) groups excluding carboxylic acids is 8. The van der Waals surface area contributed by atoms with Gasteiger partial charge in [-0.1, -0.05) is 103 Å². The molecule has 4 aromatic heterocycles. The summed E-state index contributed by atoms with van der Waals surface area (Å²) in [5.74, 6) is -8.00. The van der Waals surface area contributed by atoms with Crippen molar-refractivity contribution in [1.82, 2.24) is 60.4 Å². The average Bonchev–Trinajstić information content (AvgIpc) is 1.64. The molecule has 129 heavy (non-hydrogen) atoms. The maximum atomic E-state index is 14.9. The average molecular weight is 1770 g/mol. The van der Waals surface area contributed by atoms with Crippen LogP contribution in [0.15, 0.2) is 158 Å². The molecular weight excluding hydrogens is 1670 g/mol. The summed E-state index contributed by atoms with van der Waals surface area (Å²) in [5, 5.41) is 28.6. The number of nitrogens with one attached hydrogen (secondary N) is 4. The monoisotopic (exact) mass is 1770 g/mol. The Kier molecular flexibility index (Phi) is 30.4.